The molecule has 1 saturated heterocycles. The summed E-state index contributed by atoms with van der Waals surface area (Å²) in [6.07, 6.45) is -0.426. The van der Waals surface area contributed by atoms with Gasteiger partial charge in [0, 0.05) is 19.2 Å². The van der Waals surface area contributed by atoms with Crippen LogP contribution in [0, 0.1) is 5.92 Å². The minimum Gasteiger partial charge on any atom is -0.493 e. The van der Waals surface area contributed by atoms with Crippen molar-refractivity contribution >= 4 is 21.8 Å². The standard InChI is InChI=1S/C19H29N3O7S/c1-13(2)11-20-18(23)19(24)21-12-17-22(8-5-9-29-17)30(25,26)14-6-7-15(27-3)16(10-14)28-4/h6-7,10,13,17H,5,8-9,11-12H2,1-4H3,(H,20,23)(H,21,24). The third-order valence-corrected chi connectivity index (χ3v) is 6.32. The third-order valence-electron chi connectivity index (χ3n) is 4.43. The number of nitrogens with zero attached hydrogens (tertiary/aromatic N) is 1. The Kier molecular flexibility index (Phi) is 8.44. The molecule has 1 aromatic carbocycles. The fourth-order valence-corrected chi connectivity index (χ4v) is 4.43. The number of hydrogen-bond acceptors (Lipinski definition) is 7. The maximum Gasteiger partial charge on any atom is 0.309 e. The van der Waals surface area contributed by atoms with Crippen LogP contribution < -0.4 is 20.1 Å². The molecule has 1 atom stereocenters. The Morgan fingerprint density at radius 3 is 2.47 bits per heavy atom. The van der Waals surface area contributed by atoms with E-state index in [1.807, 2.05) is 13.8 Å². The van der Waals surface area contributed by atoms with E-state index in [0.717, 1.165) is 0 Å². The molecule has 11 heteroatoms. The van der Waals surface area contributed by atoms with E-state index in [4.69, 9.17) is 14.2 Å². The number of sulfonamides is 1. The van der Waals surface area contributed by atoms with Gasteiger partial charge in [0.15, 0.2) is 11.5 Å². The molecule has 0 aromatic heterocycles. The molecule has 0 bridgehead atoms. The molecule has 0 saturated carbocycles. The number of carbonyl (C=O) groups is 2. The van der Waals surface area contributed by atoms with Gasteiger partial charge in [0.05, 0.1) is 32.3 Å². The van der Waals surface area contributed by atoms with Gasteiger partial charge in [-0.3, -0.25) is 9.59 Å². The highest BCUT2D eigenvalue weighted by Gasteiger charge is 2.35. The van der Waals surface area contributed by atoms with Crippen molar-refractivity contribution in [3.05, 3.63) is 18.2 Å². The molecule has 1 aliphatic heterocycles. The number of hydrogen-bond donors (Lipinski definition) is 2. The van der Waals surface area contributed by atoms with Crippen molar-refractivity contribution in [1.29, 1.82) is 0 Å². The van der Waals surface area contributed by atoms with Gasteiger partial charge < -0.3 is 24.8 Å². The first-order valence-electron chi connectivity index (χ1n) is 9.62. The summed E-state index contributed by atoms with van der Waals surface area (Å²) < 4.78 is 43.4. The minimum atomic E-state index is -3.94. The Morgan fingerprint density at radius 1 is 1.17 bits per heavy atom. The topological polar surface area (TPSA) is 123 Å². The van der Waals surface area contributed by atoms with Crippen molar-refractivity contribution in [1.82, 2.24) is 14.9 Å². The second-order valence-electron chi connectivity index (χ2n) is 7.13. The highest BCUT2D eigenvalue weighted by atomic mass is 32.2. The van der Waals surface area contributed by atoms with Crippen molar-refractivity contribution < 1.29 is 32.2 Å². The summed E-state index contributed by atoms with van der Waals surface area (Å²) in [4.78, 5) is 23.8. The molecular weight excluding hydrogens is 414 g/mol. The van der Waals surface area contributed by atoms with E-state index >= 15 is 0 Å². The van der Waals surface area contributed by atoms with E-state index in [2.05, 4.69) is 10.6 Å². The van der Waals surface area contributed by atoms with E-state index in [0.29, 0.717) is 25.3 Å². The largest absolute Gasteiger partial charge is 0.493 e. The van der Waals surface area contributed by atoms with Gasteiger partial charge in [-0.15, -0.1) is 0 Å². The molecule has 1 unspecified atom stereocenters. The third kappa shape index (κ3) is 5.83. The maximum absolute atomic E-state index is 13.2. The minimum absolute atomic E-state index is 0.0108. The number of rotatable bonds is 8. The average molecular weight is 444 g/mol. The smallest absolute Gasteiger partial charge is 0.309 e. The summed E-state index contributed by atoms with van der Waals surface area (Å²) in [5.74, 6) is -0.724. The molecule has 2 amide bonds. The first kappa shape index (κ1) is 23.9. The van der Waals surface area contributed by atoms with Crippen molar-refractivity contribution in [2.45, 2.75) is 31.4 Å². The van der Waals surface area contributed by atoms with Crippen LogP contribution in [0.2, 0.25) is 0 Å². The average Bonchev–Trinajstić information content (AvgIpc) is 2.75. The van der Waals surface area contributed by atoms with E-state index in [-0.39, 0.29) is 29.7 Å². The van der Waals surface area contributed by atoms with E-state index < -0.39 is 28.1 Å². The lowest BCUT2D eigenvalue weighted by molar-refractivity contribution is -0.140. The Hall–Kier alpha value is -2.37. The van der Waals surface area contributed by atoms with Gasteiger partial charge in [-0.2, -0.15) is 4.31 Å². The second-order valence-corrected chi connectivity index (χ2v) is 9.02. The second kappa shape index (κ2) is 10.6. The first-order valence-corrected chi connectivity index (χ1v) is 11.1. The van der Waals surface area contributed by atoms with Gasteiger partial charge in [-0.25, -0.2) is 8.42 Å². The molecular formula is C19H29N3O7S. The van der Waals surface area contributed by atoms with Gasteiger partial charge in [-0.1, -0.05) is 13.8 Å². The summed E-state index contributed by atoms with van der Waals surface area (Å²) in [6.45, 7) is 4.59. The van der Waals surface area contributed by atoms with Crippen molar-refractivity contribution in [3.63, 3.8) is 0 Å². The zero-order valence-electron chi connectivity index (χ0n) is 17.6. The lowest BCUT2D eigenvalue weighted by Crippen LogP contribution is -2.53. The summed E-state index contributed by atoms with van der Waals surface area (Å²) >= 11 is 0. The van der Waals surface area contributed by atoms with Crippen LogP contribution >= 0.6 is 0 Å². The summed E-state index contributed by atoms with van der Waals surface area (Å²) in [6, 6.07) is 4.30. The Bertz CT molecular complexity index is 858. The summed E-state index contributed by atoms with van der Waals surface area (Å²) in [5.41, 5.74) is 0. The highest BCUT2D eigenvalue weighted by molar-refractivity contribution is 7.89. The molecule has 30 heavy (non-hydrogen) atoms. The number of ether oxygens (including phenoxy) is 3. The van der Waals surface area contributed by atoms with Crippen LogP contribution in [0.25, 0.3) is 0 Å². The Balaban J connectivity index is 2.12. The van der Waals surface area contributed by atoms with E-state index in [1.54, 1.807) is 0 Å². The molecule has 1 fully saturated rings. The zero-order chi connectivity index (χ0) is 22.3. The number of nitrogens with one attached hydrogen (secondary N) is 2. The van der Waals surface area contributed by atoms with Gasteiger partial charge >= 0.3 is 11.8 Å². The lowest BCUT2D eigenvalue weighted by Gasteiger charge is -2.34. The molecule has 0 radical (unpaired) electrons. The predicted molar refractivity (Wildman–Crippen MR) is 109 cm³/mol. The molecule has 1 aliphatic rings. The monoisotopic (exact) mass is 443 g/mol. The first-order chi connectivity index (χ1) is 14.2. The zero-order valence-corrected chi connectivity index (χ0v) is 18.5. The molecule has 1 aromatic rings. The molecule has 0 spiro atoms. The van der Waals surface area contributed by atoms with E-state index in [1.165, 1.54) is 36.7 Å². The van der Waals surface area contributed by atoms with Gasteiger partial charge in [0.1, 0.15) is 6.23 Å². The van der Waals surface area contributed by atoms with Crippen LogP contribution in [0.5, 0.6) is 11.5 Å². The maximum atomic E-state index is 13.2. The number of amides is 2. The van der Waals surface area contributed by atoms with Crippen molar-refractivity contribution in [2.75, 3.05) is 40.5 Å². The Labute approximate surface area is 176 Å². The fourth-order valence-electron chi connectivity index (χ4n) is 2.85. The van der Waals surface area contributed by atoms with Crippen molar-refractivity contribution in [2.24, 2.45) is 5.92 Å². The van der Waals surface area contributed by atoms with Crippen LogP contribution in [-0.2, 0) is 24.3 Å². The molecule has 168 valence electrons. The molecule has 1 heterocycles. The van der Waals surface area contributed by atoms with Crippen LogP contribution in [0.15, 0.2) is 23.1 Å². The highest BCUT2D eigenvalue weighted by Crippen LogP contribution is 2.31. The normalized spacial score (nSPS) is 17.4. The number of methoxy groups -OCH3 is 2. The lowest BCUT2D eigenvalue weighted by atomic mass is 10.2. The van der Waals surface area contributed by atoms with Crippen LogP contribution in [0.1, 0.15) is 20.3 Å². The molecule has 2 rings (SSSR count). The van der Waals surface area contributed by atoms with Crippen molar-refractivity contribution in [3.8, 4) is 11.5 Å². The predicted octanol–water partition coefficient (Wildman–Crippen LogP) is 0.329. The fraction of sp³-hybridized carbons (Fsp3) is 0.579. The number of benzene rings is 1. The SMILES string of the molecule is COc1ccc(S(=O)(=O)N2CCCOC2CNC(=O)C(=O)NCC(C)C)cc1OC. The van der Waals surface area contributed by atoms with Crippen LogP contribution in [-0.4, -0.2) is 71.2 Å². The molecule has 10 nitrogen and oxygen atoms in total. The summed E-state index contributed by atoms with van der Waals surface area (Å²) in [7, 11) is -1.06. The van der Waals surface area contributed by atoms with Gasteiger partial charge in [0.25, 0.3) is 0 Å². The Morgan fingerprint density at radius 2 is 1.83 bits per heavy atom. The van der Waals surface area contributed by atoms with Gasteiger partial charge in [-0.05, 0) is 24.5 Å². The van der Waals surface area contributed by atoms with Crippen LogP contribution in [0.4, 0.5) is 0 Å². The quantitative estimate of drug-likeness (QED) is 0.555. The molecule has 2 N–H and O–H groups in total. The van der Waals surface area contributed by atoms with E-state index in [9.17, 15) is 18.0 Å². The number of carbonyl (C=O) groups excluding carboxylic acids is 2. The summed E-state index contributed by atoms with van der Waals surface area (Å²) in [5, 5.41) is 4.95. The molecule has 0 aliphatic carbocycles. The van der Waals surface area contributed by atoms with Gasteiger partial charge in [0.2, 0.25) is 10.0 Å². The van der Waals surface area contributed by atoms with Crippen LogP contribution in [0.3, 0.4) is 0 Å².